The Kier molecular flexibility index (Phi) is 7.54. The Morgan fingerprint density at radius 2 is 1.87 bits per heavy atom. The Labute approximate surface area is 227 Å². The number of primary amides is 1. The van der Waals surface area contributed by atoms with Crippen molar-refractivity contribution in [3.05, 3.63) is 39.7 Å². The van der Waals surface area contributed by atoms with E-state index >= 15 is 0 Å². The van der Waals surface area contributed by atoms with E-state index in [1.165, 1.54) is 18.1 Å². The number of phenols is 1. The number of carbonyl (C=O) groups is 3. The minimum atomic E-state index is -2.66. The van der Waals surface area contributed by atoms with Crippen LogP contribution in [0.4, 0.5) is 0 Å². The van der Waals surface area contributed by atoms with Crippen LogP contribution in [-0.4, -0.2) is 94.1 Å². The predicted molar refractivity (Wildman–Crippen MR) is 142 cm³/mol. The quantitative estimate of drug-likeness (QED) is 0.300. The standard InChI is InChI=1S/C28H37N3O8/c1-6-7-8-31(4)12-14-11-17(32)19-15(24(14)39-5)9-13-10-16-21(30(2)3)23(34)20(27(29)37)26(36)28(16,38)25(35)18(13)22(19)33/h11,13,16,21,32-33,36,38H,6-10,12H2,1-5H3,(H2,29,37)/t13-,16-,21-,28-/m0/s1. The van der Waals surface area contributed by atoms with Crippen molar-refractivity contribution in [1.82, 2.24) is 9.80 Å². The van der Waals surface area contributed by atoms with Crippen molar-refractivity contribution >= 4 is 23.2 Å². The molecule has 11 heteroatoms. The van der Waals surface area contributed by atoms with Crippen molar-refractivity contribution in [2.24, 2.45) is 17.6 Å². The molecule has 3 aliphatic carbocycles. The molecule has 39 heavy (non-hydrogen) atoms. The summed E-state index contributed by atoms with van der Waals surface area (Å²) in [5.74, 6) is -6.28. The van der Waals surface area contributed by atoms with Gasteiger partial charge in [-0.1, -0.05) is 13.3 Å². The highest BCUT2D eigenvalue weighted by molar-refractivity contribution is 6.24. The van der Waals surface area contributed by atoms with E-state index in [1.54, 1.807) is 14.1 Å². The molecule has 3 aliphatic rings. The number of nitrogens with two attached hydrogens (primary N) is 1. The number of hydrogen-bond donors (Lipinski definition) is 5. The number of carbonyl (C=O) groups excluding carboxylic acids is 3. The van der Waals surface area contributed by atoms with Gasteiger partial charge in [0.15, 0.2) is 11.4 Å². The van der Waals surface area contributed by atoms with Crippen molar-refractivity contribution in [3.8, 4) is 11.5 Å². The van der Waals surface area contributed by atoms with E-state index in [0.717, 1.165) is 19.4 Å². The first kappa shape index (κ1) is 28.6. The van der Waals surface area contributed by atoms with Crippen molar-refractivity contribution in [2.75, 3.05) is 34.8 Å². The first-order valence-corrected chi connectivity index (χ1v) is 13.1. The molecule has 212 valence electrons. The van der Waals surface area contributed by atoms with Gasteiger partial charge in [0.2, 0.25) is 5.78 Å². The molecule has 0 bridgehead atoms. The lowest BCUT2D eigenvalue weighted by Crippen LogP contribution is -2.65. The van der Waals surface area contributed by atoms with Gasteiger partial charge in [-0.2, -0.15) is 0 Å². The van der Waals surface area contributed by atoms with Crippen LogP contribution < -0.4 is 10.5 Å². The number of benzene rings is 1. The molecule has 0 unspecified atom stereocenters. The molecule has 0 radical (unpaired) electrons. The third-order valence-corrected chi connectivity index (χ3v) is 8.29. The van der Waals surface area contributed by atoms with Crippen molar-refractivity contribution in [3.63, 3.8) is 0 Å². The summed E-state index contributed by atoms with van der Waals surface area (Å²) < 4.78 is 5.75. The molecular formula is C28H37N3O8. The summed E-state index contributed by atoms with van der Waals surface area (Å²) >= 11 is 0. The molecule has 0 spiro atoms. The Morgan fingerprint density at radius 3 is 2.44 bits per heavy atom. The summed E-state index contributed by atoms with van der Waals surface area (Å²) in [7, 11) is 6.59. The number of amides is 1. The second-order valence-electron chi connectivity index (χ2n) is 11.0. The normalized spacial score (nSPS) is 26.6. The summed E-state index contributed by atoms with van der Waals surface area (Å²) in [6.07, 6.45) is 2.24. The molecule has 1 aromatic carbocycles. The number of aliphatic hydroxyl groups is 3. The Balaban J connectivity index is 1.89. The van der Waals surface area contributed by atoms with Crippen molar-refractivity contribution < 1.29 is 39.5 Å². The molecule has 4 atom stereocenters. The van der Waals surface area contributed by atoms with Crippen LogP contribution in [0, 0.1) is 11.8 Å². The first-order chi connectivity index (χ1) is 18.3. The summed E-state index contributed by atoms with van der Waals surface area (Å²) in [5.41, 5.74) is 2.92. The molecule has 1 amide bonds. The summed E-state index contributed by atoms with van der Waals surface area (Å²) in [5, 5.41) is 45.0. The summed E-state index contributed by atoms with van der Waals surface area (Å²) in [4.78, 5) is 42.8. The number of aromatic hydroxyl groups is 1. The smallest absolute Gasteiger partial charge is 0.255 e. The Hall–Kier alpha value is -3.41. The van der Waals surface area contributed by atoms with Crippen LogP contribution in [0.25, 0.3) is 5.76 Å². The second-order valence-corrected chi connectivity index (χ2v) is 11.0. The van der Waals surface area contributed by atoms with Crippen LogP contribution in [-0.2, 0) is 27.3 Å². The van der Waals surface area contributed by atoms with Crippen molar-refractivity contribution in [1.29, 1.82) is 0 Å². The fourth-order valence-corrected chi connectivity index (χ4v) is 6.53. The first-order valence-electron chi connectivity index (χ1n) is 13.1. The summed E-state index contributed by atoms with van der Waals surface area (Å²) in [6.45, 7) is 3.43. The van der Waals surface area contributed by atoms with Gasteiger partial charge >= 0.3 is 0 Å². The zero-order valence-electron chi connectivity index (χ0n) is 22.9. The topological polar surface area (TPSA) is 174 Å². The number of fused-ring (bicyclic) bond motifs is 3. The molecule has 1 aromatic rings. The van der Waals surface area contributed by atoms with Crippen LogP contribution in [0.2, 0.25) is 0 Å². The van der Waals surface area contributed by atoms with Gasteiger partial charge in [0.25, 0.3) is 5.91 Å². The van der Waals surface area contributed by atoms with E-state index in [2.05, 4.69) is 11.8 Å². The third-order valence-electron chi connectivity index (χ3n) is 8.29. The average molecular weight is 544 g/mol. The number of likely N-dealkylation sites (N-methyl/N-ethyl adjacent to an activating group) is 1. The molecule has 6 N–H and O–H groups in total. The Morgan fingerprint density at radius 1 is 1.21 bits per heavy atom. The number of ether oxygens (including phenoxy) is 1. The maximum absolute atomic E-state index is 13.9. The van der Waals surface area contributed by atoms with E-state index in [-0.39, 0.29) is 29.7 Å². The zero-order valence-corrected chi connectivity index (χ0v) is 22.9. The largest absolute Gasteiger partial charge is 0.508 e. The van der Waals surface area contributed by atoms with Crippen LogP contribution in [0.15, 0.2) is 23.0 Å². The van der Waals surface area contributed by atoms with Crippen LogP contribution in [0.1, 0.15) is 42.9 Å². The van der Waals surface area contributed by atoms with Crippen LogP contribution >= 0.6 is 0 Å². The minimum Gasteiger partial charge on any atom is -0.508 e. The number of phenolic OH excluding ortho intramolecular Hbond substituents is 1. The average Bonchev–Trinajstić information content (AvgIpc) is 2.84. The van der Waals surface area contributed by atoms with Gasteiger partial charge < -0.3 is 35.8 Å². The number of ketones is 2. The molecule has 0 aromatic heterocycles. The fraction of sp³-hybridized carbons (Fsp3) is 0.536. The predicted octanol–water partition coefficient (Wildman–Crippen LogP) is 1.20. The number of nitrogens with zero attached hydrogens (tertiary/aromatic N) is 2. The number of aliphatic hydroxyl groups excluding tert-OH is 2. The van der Waals surface area contributed by atoms with E-state index in [9.17, 15) is 34.8 Å². The minimum absolute atomic E-state index is 0.0168. The van der Waals surface area contributed by atoms with E-state index in [4.69, 9.17) is 10.5 Å². The van der Waals surface area contributed by atoms with Gasteiger partial charge in [-0.05, 0) is 58.9 Å². The van der Waals surface area contributed by atoms with E-state index < -0.39 is 58.0 Å². The van der Waals surface area contributed by atoms with Crippen LogP contribution in [0.5, 0.6) is 11.5 Å². The van der Waals surface area contributed by atoms with E-state index in [1.807, 2.05) is 7.05 Å². The van der Waals surface area contributed by atoms with E-state index in [0.29, 0.717) is 23.4 Å². The molecule has 0 heterocycles. The number of rotatable bonds is 8. The fourth-order valence-electron chi connectivity index (χ4n) is 6.53. The van der Waals surface area contributed by atoms with Gasteiger partial charge in [-0.25, -0.2) is 0 Å². The van der Waals surface area contributed by atoms with Gasteiger partial charge in [0.05, 0.1) is 18.7 Å². The lowest BCUT2D eigenvalue weighted by Gasteiger charge is -2.50. The number of Topliss-reactive ketones (excluding diaryl/α,β-unsaturated/α-hetero) is 2. The lowest BCUT2D eigenvalue weighted by atomic mass is 9.57. The molecule has 0 aliphatic heterocycles. The van der Waals surface area contributed by atoms with Gasteiger partial charge in [-0.3, -0.25) is 19.3 Å². The highest BCUT2D eigenvalue weighted by atomic mass is 16.5. The zero-order chi connectivity index (χ0) is 29.0. The molecule has 1 fully saturated rings. The highest BCUT2D eigenvalue weighted by Gasteiger charge is 2.64. The second kappa shape index (κ2) is 10.3. The SMILES string of the molecule is CCCCN(C)Cc1cc(O)c2c(c1OC)C[C@H]1C[C@H]3[C@H](N(C)C)C(=O)C(C(N)=O)=C(O)[C@@]3(O)C(=O)C1=C2O. The third kappa shape index (κ3) is 4.29. The molecule has 0 saturated heterocycles. The maximum Gasteiger partial charge on any atom is 0.255 e. The number of methoxy groups -OCH3 is 1. The van der Waals surface area contributed by atoms with Crippen molar-refractivity contribution in [2.45, 2.75) is 50.8 Å². The highest BCUT2D eigenvalue weighted by Crippen LogP contribution is 2.54. The van der Waals surface area contributed by atoms with Gasteiger partial charge in [-0.15, -0.1) is 0 Å². The maximum atomic E-state index is 13.9. The van der Waals surface area contributed by atoms with Gasteiger partial charge in [0.1, 0.15) is 28.6 Å². The lowest BCUT2D eigenvalue weighted by molar-refractivity contribution is -0.153. The summed E-state index contributed by atoms with van der Waals surface area (Å²) in [6, 6.07) is 0.364. The van der Waals surface area contributed by atoms with Crippen LogP contribution in [0.3, 0.4) is 0 Å². The molecule has 11 nitrogen and oxygen atoms in total. The molecular weight excluding hydrogens is 506 g/mol. The number of unbranched alkanes of at least 4 members (excludes halogenated alkanes) is 1. The van der Waals surface area contributed by atoms with Gasteiger partial charge in [0, 0.05) is 29.2 Å². The molecule has 4 rings (SSSR count). The number of hydrogen-bond acceptors (Lipinski definition) is 10. The monoisotopic (exact) mass is 543 g/mol. The molecule has 1 saturated carbocycles. The Bertz CT molecular complexity index is 1300.